The Bertz CT molecular complexity index is 511. The van der Waals surface area contributed by atoms with Crippen LogP contribution in [0.25, 0.3) is 0 Å². The van der Waals surface area contributed by atoms with E-state index in [1.807, 2.05) is 42.5 Å². The molecule has 0 aliphatic carbocycles. The smallest absolute Gasteiger partial charge is 0.119 e. The van der Waals surface area contributed by atoms with Gasteiger partial charge in [0.25, 0.3) is 0 Å². The van der Waals surface area contributed by atoms with Crippen molar-refractivity contribution >= 4 is 0 Å². The van der Waals surface area contributed by atoms with Crippen molar-refractivity contribution in [1.29, 1.82) is 0 Å². The van der Waals surface area contributed by atoms with Gasteiger partial charge < -0.3 is 15.2 Å². The molecule has 0 spiro atoms. The first-order valence-electron chi connectivity index (χ1n) is 7.44. The van der Waals surface area contributed by atoms with Gasteiger partial charge >= 0.3 is 0 Å². The summed E-state index contributed by atoms with van der Waals surface area (Å²) in [6.07, 6.45) is 1.000. The van der Waals surface area contributed by atoms with E-state index in [4.69, 9.17) is 4.74 Å². The number of hydrogen-bond donors (Lipinski definition) is 2. The molecule has 1 unspecified atom stereocenters. The van der Waals surface area contributed by atoms with E-state index < -0.39 is 0 Å². The number of rotatable bonds is 8. The summed E-state index contributed by atoms with van der Waals surface area (Å²) in [5.74, 6) is 0.875. The van der Waals surface area contributed by atoms with Crippen molar-refractivity contribution in [3.63, 3.8) is 0 Å². The zero-order valence-electron chi connectivity index (χ0n) is 12.5. The summed E-state index contributed by atoms with van der Waals surface area (Å²) in [5.41, 5.74) is 2.27. The van der Waals surface area contributed by atoms with E-state index in [9.17, 15) is 5.11 Å². The van der Waals surface area contributed by atoms with Crippen molar-refractivity contribution in [3.8, 4) is 5.75 Å². The lowest BCUT2D eigenvalue weighted by molar-refractivity contribution is 0.243. The van der Waals surface area contributed by atoms with Gasteiger partial charge in [0.2, 0.25) is 0 Å². The van der Waals surface area contributed by atoms with E-state index in [1.165, 1.54) is 5.56 Å². The van der Waals surface area contributed by atoms with Crippen molar-refractivity contribution < 1.29 is 9.84 Å². The van der Waals surface area contributed by atoms with Crippen LogP contribution in [0.4, 0.5) is 0 Å². The third-order valence-corrected chi connectivity index (χ3v) is 3.33. The van der Waals surface area contributed by atoms with Gasteiger partial charge in [0.1, 0.15) is 5.75 Å². The second-order valence-corrected chi connectivity index (χ2v) is 5.02. The van der Waals surface area contributed by atoms with Crippen LogP contribution in [0.15, 0.2) is 54.6 Å². The standard InChI is InChI=1S/C18H23NO2/c1-2-12-21-17-10-8-16(9-11-17)18(14-20)19-13-15-6-4-3-5-7-15/h3-11,18-20H,2,12-14H2,1H3. The zero-order chi connectivity index (χ0) is 14.9. The molecule has 0 aliphatic heterocycles. The van der Waals surface area contributed by atoms with Crippen LogP contribution in [0, 0.1) is 0 Å². The summed E-state index contributed by atoms with van der Waals surface area (Å²) < 4.78 is 5.57. The number of nitrogens with one attached hydrogen (secondary N) is 1. The van der Waals surface area contributed by atoms with Crippen LogP contribution in [0.2, 0.25) is 0 Å². The Balaban J connectivity index is 1.94. The van der Waals surface area contributed by atoms with Crippen LogP contribution in [0.5, 0.6) is 5.75 Å². The summed E-state index contributed by atoms with van der Waals surface area (Å²) in [6.45, 7) is 3.63. The summed E-state index contributed by atoms with van der Waals surface area (Å²) in [5, 5.41) is 12.9. The molecule has 0 amide bonds. The maximum absolute atomic E-state index is 9.57. The van der Waals surface area contributed by atoms with Crippen LogP contribution in [-0.2, 0) is 6.54 Å². The van der Waals surface area contributed by atoms with Gasteiger partial charge in [-0.1, -0.05) is 49.4 Å². The van der Waals surface area contributed by atoms with Gasteiger partial charge in [0.15, 0.2) is 0 Å². The highest BCUT2D eigenvalue weighted by Gasteiger charge is 2.09. The molecule has 2 aromatic carbocycles. The molecule has 0 aliphatic rings. The lowest BCUT2D eigenvalue weighted by Gasteiger charge is -2.17. The van der Waals surface area contributed by atoms with E-state index in [0.29, 0.717) is 0 Å². The fourth-order valence-electron chi connectivity index (χ4n) is 2.14. The largest absolute Gasteiger partial charge is 0.494 e. The van der Waals surface area contributed by atoms with E-state index in [2.05, 4.69) is 24.4 Å². The molecule has 0 bridgehead atoms. The minimum atomic E-state index is -0.0644. The normalized spacial score (nSPS) is 12.1. The van der Waals surface area contributed by atoms with Gasteiger partial charge in [-0.15, -0.1) is 0 Å². The average molecular weight is 285 g/mol. The Kier molecular flexibility index (Phi) is 6.25. The molecule has 0 fully saturated rings. The average Bonchev–Trinajstić information content (AvgIpc) is 2.55. The molecular weight excluding hydrogens is 262 g/mol. The highest BCUT2D eigenvalue weighted by Crippen LogP contribution is 2.18. The molecule has 0 saturated carbocycles. The van der Waals surface area contributed by atoms with Crippen molar-refractivity contribution in [2.24, 2.45) is 0 Å². The molecule has 0 saturated heterocycles. The van der Waals surface area contributed by atoms with Crippen LogP contribution in [0.3, 0.4) is 0 Å². The van der Waals surface area contributed by atoms with Crippen LogP contribution < -0.4 is 10.1 Å². The minimum absolute atomic E-state index is 0.0644. The van der Waals surface area contributed by atoms with Gasteiger partial charge in [-0.25, -0.2) is 0 Å². The number of hydrogen-bond acceptors (Lipinski definition) is 3. The molecule has 0 aromatic heterocycles. The maximum atomic E-state index is 9.57. The zero-order valence-corrected chi connectivity index (χ0v) is 12.5. The predicted octanol–water partition coefficient (Wildman–Crippen LogP) is 3.30. The third kappa shape index (κ3) is 4.88. The lowest BCUT2D eigenvalue weighted by atomic mass is 10.1. The van der Waals surface area contributed by atoms with Gasteiger partial charge in [-0.2, -0.15) is 0 Å². The Labute approximate surface area is 126 Å². The number of aliphatic hydroxyl groups excluding tert-OH is 1. The van der Waals surface area contributed by atoms with E-state index in [0.717, 1.165) is 30.9 Å². The molecular formula is C18H23NO2. The second-order valence-electron chi connectivity index (χ2n) is 5.02. The van der Waals surface area contributed by atoms with Crippen molar-refractivity contribution in [1.82, 2.24) is 5.32 Å². The first-order valence-corrected chi connectivity index (χ1v) is 7.44. The molecule has 1 atom stereocenters. The molecule has 3 nitrogen and oxygen atoms in total. The van der Waals surface area contributed by atoms with Crippen molar-refractivity contribution in [2.75, 3.05) is 13.2 Å². The van der Waals surface area contributed by atoms with E-state index in [-0.39, 0.29) is 12.6 Å². The number of aliphatic hydroxyl groups is 1. The third-order valence-electron chi connectivity index (χ3n) is 3.33. The summed E-state index contributed by atoms with van der Waals surface area (Å²) in [7, 11) is 0. The lowest BCUT2D eigenvalue weighted by Crippen LogP contribution is -2.23. The molecule has 112 valence electrons. The van der Waals surface area contributed by atoms with Crippen LogP contribution in [0.1, 0.15) is 30.5 Å². The number of ether oxygens (including phenoxy) is 1. The van der Waals surface area contributed by atoms with Crippen LogP contribution >= 0.6 is 0 Å². The summed E-state index contributed by atoms with van der Waals surface area (Å²) in [4.78, 5) is 0. The van der Waals surface area contributed by atoms with Crippen molar-refractivity contribution in [3.05, 3.63) is 65.7 Å². The maximum Gasteiger partial charge on any atom is 0.119 e. The monoisotopic (exact) mass is 285 g/mol. The van der Waals surface area contributed by atoms with E-state index >= 15 is 0 Å². The topological polar surface area (TPSA) is 41.5 Å². The molecule has 21 heavy (non-hydrogen) atoms. The molecule has 0 radical (unpaired) electrons. The SMILES string of the molecule is CCCOc1ccc(C(CO)NCc2ccccc2)cc1. The first-order chi connectivity index (χ1) is 10.3. The quantitative estimate of drug-likeness (QED) is 0.782. The van der Waals surface area contributed by atoms with Gasteiger partial charge in [-0.3, -0.25) is 0 Å². The number of benzene rings is 2. The van der Waals surface area contributed by atoms with Gasteiger partial charge in [0, 0.05) is 6.54 Å². The Morgan fingerprint density at radius 2 is 1.76 bits per heavy atom. The second kappa shape index (κ2) is 8.45. The fraction of sp³-hybridized carbons (Fsp3) is 0.333. The predicted molar refractivity (Wildman–Crippen MR) is 85.3 cm³/mol. The highest BCUT2D eigenvalue weighted by atomic mass is 16.5. The Hall–Kier alpha value is -1.84. The van der Waals surface area contributed by atoms with Crippen LogP contribution in [-0.4, -0.2) is 18.3 Å². The fourth-order valence-corrected chi connectivity index (χ4v) is 2.14. The van der Waals surface area contributed by atoms with E-state index in [1.54, 1.807) is 0 Å². The van der Waals surface area contributed by atoms with Crippen molar-refractivity contribution in [2.45, 2.75) is 25.9 Å². The Morgan fingerprint density at radius 1 is 1.05 bits per heavy atom. The van der Waals surface area contributed by atoms with Gasteiger partial charge in [-0.05, 0) is 29.7 Å². The molecule has 2 N–H and O–H groups in total. The first kappa shape index (κ1) is 15.5. The highest BCUT2D eigenvalue weighted by molar-refractivity contribution is 5.29. The molecule has 0 heterocycles. The molecule has 3 heteroatoms. The Morgan fingerprint density at radius 3 is 2.38 bits per heavy atom. The summed E-state index contributed by atoms with van der Waals surface area (Å²) in [6, 6.07) is 18.0. The molecule has 2 rings (SSSR count). The molecule has 2 aromatic rings. The van der Waals surface area contributed by atoms with Gasteiger partial charge in [0.05, 0.1) is 19.3 Å². The summed E-state index contributed by atoms with van der Waals surface area (Å²) >= 11 is 0. The minimum Gasteiger partial charge on any atom is -0.494 e.